The van der Waals surface area contributed by atoms with Crippen molar-refractivity contribution in [2.75, 3.05) is 13.1 Å². The Balaban J connectivity index is 1.90. The molecule has 1 saturated heterocycles. The van der Waals surface area contributed by atoms with Crippen molar-refractivity contribution >= 4 is 22.9 Å². The number of hydrogen-bond donors (Lipinski definition) is 1. The van der Waals surface area contributed by atoms with Crippen LogP contribution in [0.15, 0.2) is 35.2 Å². The molecular formula is C14H15ClN2S. The Hall–Kier alpha value is -0.900. The van der Waals surface area contributed by atoms with Gasteiger partial charge in [-0.05, 0) is 30.7 Å². The topological polar surface area (TPSA) is 24.9 Å². The first kappa shape index (κ1) is 12.2. The fourth-order valence-electron chi connectivity index (χ4n) is 2.68. The molecule has 4 heteroatoms. The van der Waals surface area contributed by atoms with Gasteiger partial charge in [0.1, 0.15) is 0 Å². The number of thiazole rings is 1. The van der Waals surface area contributed by atoms with E-state index >= 15 is 0 Å². The molecule has 2 atom stereocenters. The predicted octanol–water partition coefficient (Wildman–Crippen LogP) is 3.66. The molecule has 2 nitrogen and oxygen atoms in total. The smallest absolute Gasteiger partial charge is 0.0794 e. The number of nitrogens with one attached hydrogen (secondary N) is 1. The molecule has 0 saturated carbocycles. The fourth-order valence-corrected chi connectivity index (χ4v) is 3.42. The third-order valence-corrected chi connectivity index (χ3v) is 4.47. The van der Waals surface area contributed by atoms with E-state index in [0.29, 0.717) is 11.8 Å². The summed E-state index contributed by atoms with van der Waals surface area (Å²) in [5, 5.41) is 6.46. The van der Waals surface area contributed by atoms with E-state index in [2.05, 4.69) is 27.8 Å². The summed E-state index contributed by atoms with van der Waals surface area (Å²) in [6.45, 7) is 2.09. The van der Waals surface area contributed by atoms with Crippen LogP contribution >= 0.6 is 22.9 Å². The number of halogens is 1. The number of aromatic nitrogens is 1. The lowest BCUT2D eigenvalue weighted by atomic mass is 9.80. The second-order valence-corrected chi connectivity index (χ2v) is 5.83. The van der Waals surface area contributed by atoms with Gasteiger partial charge in [0.2, 0.25) is 0 Å². The third-order valence-electron chi connectivity index (χ3n) is 3.61. The van der Waals surface area contributed by atoms with Gasteiger partial charge in [0.05, 0.1) is 11.2 Å². The van der Waals surface area contributed by atoms with Gasteiger partial charge in [-0.3, -0.25) is 0 Å². The number of benzene rings is 1. The van der Waals surface area contributed by atoms with Crippen LogP contribution in [0.1, 0.15) is 29.5 Å². The standard InChI is InChI=1S/C14H15ClN2S/c15-11-3-1-10(2-4-11)13-7-16-6-5-12(13)14-8-18-9-17-14/h1-4,8-9,12-13,16H,5-7H2. The van der Waals surface area contributed by atoms with Gasteiger partial charge in [-0.2, -0.15) is 0 Å². The van der Waals surface area contributed by atoms with E-state index in [1.165, 1.54) is 11.3 Å². The Kier molecular flexibility index (Phi) is 3.64. The van der Waals surface area contributed by atoms with Crippen LogP contribution in [0.4, 0.5) is 0 Å². The summed E-state index contributed by atoms with van der Waals surface area (Å²) in [6, 6.07) is 8.23. The summed E-state index contributed by atoms with van der Waals surface area (Å²) in [5.41, 5.74) is 4.52. The van der Waals surface area contributed by atoms with Crippen LogP contribution in [-0.4, -0.2) is 18.1 Å². The first-order valence-corrected chi connectivity index (χ1v) is 7.51. The van der Waals surface area contributed by atoms with Crippen molar-refractivity contribution in [1.29, 1.82) is 0 Å². The van der Waals surface area contributed by atoms with Crippen LogP contribution in [-0.2, 0) is 0 Å². The lowest BCUT2D eigenvalue weighted by Crippen LogP contribution is -2.34. The SMILES string of the molecule is Clc1ccc(C2CNCCC2c2cscn2)cc1. The Morgan fingerprint density at radius 2 is 2.06 bits per heavy atom. The van der Waals surface area contributed by atoms with Crippen LogP contribution in [0.5, 0.6) is 0 Å². The molecule has 0 radical (unpaired) electrons. The zero-order valence-electron chi connectivity index (χ0n) is 9.97. The maximum atomic E-state index is 5.96. The molecule has 0 spiro atoms. The second kappa shape index (κ2) is 5.39. The normalized spacial score (nSPS) is 24.1. The third kappa shape index (κ3) is 2.44. The second-order valence-electron chi connectivity index (χ2n) is 4.67. The van der Waals surface area contributed by atoms with Gasteiger partial charge < -0.3 is 5.32 Å². The Morgan fingerprint density at radius 3 is 2.78 bits per heavy atom. The van der Waals surface area contributed by atoms with Crippen LogP contribution in [0.2, 0.25) is 5.02 Å². The Morgan fingerprint density at radius 1 is 1.22 bits per heavy atom. The molecule has 0 aliphatic carbocycles. The lowest BCUT2D eigenvalue weighted by molar-refractivity contribution is 0.399. The van der Waals surface area contributed by atoms with Crippen molar-refractivity contribution in [3.05, 3.63) is 51.4 Å². The molecular weight excluding hydrogens is 264 g/mol. The molecule has 2 unspecified atom stereocenters. The van der Waals surface area contributed by atoms with E-state index in [0.717, 1.165) is 24.5 Å². The molecule has 1 aliphatic rings. The Labute approximate surface area is 116 Å². The molecule has 1 aromatic heterocycles. The number of piperidine rings is 1. The highest BCUT2D eigenvalue weighted by molar-refractivity contribution is 7.07. The predicted molar refractivity (Wildman–Crippen MR) is 76.5 cm³/mol. The minimum absolute atomic E-state index is 0.498. The molecule has 1 aromatic carbocycles. The van der Waals surface area contributed by atoms with E-state index in [1.54, 1.807) is 11.3 Å². The van der Waals surface area contributed by atoms with Crippen LogP contribution in [0, 0.1) is 0 Å². The molecule has 2 heterocycles. The minimum Gasteiger partial charge on any atom is -0.316 e. The van der Waals surface area contributed by atoms with Gasteiger partial charge in [0.25, 0.3) is 0 Å². The first-order chi connectivity index (χ1) is 8.84. The van der Waals surface area contributed by atoms with Crippen molar-refractivity contribution in [2.24, 2.45) is 0 Å². The summed E-state index contributed by atoms with van der Waals surface area (Å²) in [4.78, 5) is 4.50. The van der Waals surface area contributed by atoms with E-state index in [-0.39, 0.29) is 0 Å². The molecule has 0 amide bonds. The molecule has 1 aliphatic heterocycles. The monoisotopic (exact) mass is 278 g/mol. The molecule has 94 valence electrons. The van der Waals surface area contributed by atoms with Gasteiger partial charge in [0, 0.05) is 28.8 Å². The molecule has 1 N–H and O–H groups in total. The van der Waals surface area contributed by atoms with Crippen LogP contribution in [0.25, 0.3) is 0 Å². The average Bonchev–Trinajstić information content (AvgIpc) is 2.93. The maximum absolute atomic E-state index is 5.96. The number of hydrogen-bond acceptors (Lipinski definition) is 3. The summed E-state index contributed by atoms with van der Waals surface area (Å²) in [6.07, 6.45) is 1.15. The summed E-state index contributed by atoms with van der Waals surface area (Å²) < 4.78 is 0. The van der Waals surface area contributed by atoms with Crippen molar-refractivity contribution < 1.29 is 0 Å². The van der Waals surface area contributed by atoms with E-state index in [4.69, 9.17) is 11.6 Å². The molecule has 1 fully saturated rings. The van der Waals surface area contributed by atoms with Gasteiger partial charge in [-0.25, -0.2) is 4.98 Å². The molecule has 2 aromatic rings. The van der Waals surface area contributed by atoms with Gasteiger partial charge in [-0.1, -0.05) is 23.7 Å². The Bertz CT molecular complexity index is 495. The minimum atomic E-state index is 0.498. The van der Waals surface area contributed by atoms with E-state index < -0.39 is 0 Å². The highest BCUT2D eigenvalue weighted by Gasteiger charge is 2.28. The van der Waals surface area contributed by atoms with Crippen molar-refractivity contribution in [3.63, 3.8) is 0 Å². The van der Waals surface area contributed by atoms with Crippen LogP contribution in [0.3, 0.4) is 0 Å². The highest BCUT2D eigenvalue weighted by Crippen LogP contribution is 2.37. The highest BCUT2D eigenvalue weighted by atomic mass is 35.5. The lowest BCUT2D eigenvalue weighted by Gasteiger charge is -2.31. The molecule has 0 bridgehead atoms. The van der Waals surface area contributed by atoms with Gasteiger partial charge >= 0.3 is 0 Å². The van der Waals surface area contributed by atoms with Gasteiger partial charge in [0.15, 0.2) is 0 Å². The van der Waals surface area contributed by atoms with Crippen molar-refractivity contribution in [1.82, 2.24) is 10.3 Å². The summed E-state index contributed by atoms with van der Waals surface area (Å²) in [5.74, 6) is 1.02. The quantitative estimate of drug-likeness (QED) is 0.907. The number of rotatable bonds is 2. The zero-order chi connectivity index (χ0) is 12.4. The summed E-state index contributed by atoms with van der Waals surface area (Å²) in [7, 11) is 0. The average molecular weight is 279 g/mol. The first-order valence-electron chi connectivity index (χ1n) is 6.19. The largest absolute Gasteiger partial charge is 0.316 e. The van der Waals surface area contributed by atoms with Crippen molar-refractivity contribution in [3.8, 4) is 0 Å². The summed E-state index contributed by atoms with van der Waals surface area (Å²) >= 11 is 7.64. The maximum Gasteiger partial charge on any atom is 0.0794 e. The fraction of sp³-hybridized carbons (Fsp3) is 0.357. The number of nitrogens with zero attached hydrogens (tertiary/aromatic N) is 1. The van der Waals surface area contributed by atoms with Crippen LogP contribution < -0.4 is 5.32 Å². The molecule has 18 heavy (non-hydrogen) atoms. The molecule has 3 rings (SSSR count). The zero-order valence-corrected chi connectivity index (χ0v) is 11.5. The van der Waals surface area contributed by atoms with Crippen molar-refractivity contribution in [2.45, 2.75) is 18.3 Å². The van der Waals surface area contributed by atoms with E-state index in [1.807, 2.05) is 17.6 Å². The van der Waals surface area contributed by atoms with E-state index in [9.17, 15) is 0 Å². The van der Waals surface area contributed by atoms with Gasteiger partial charge in [-0.15, -0.1) is 11.3 Å².